The van der Waals surface area contributed by atoms with Crippen LogP contribution in [0.2, 0.25) is 0 Å². The fraction of sp³-hybridized carbons (Fsp3) is 0.385. The average Bonchev–Trinajstić information content (AvgIpc) is 2.82. The van der Waals surface area contributed by atoms with Crippen LogP contribution < -0.4 is 4.74 Å². The molecule has 0 amide bonds. The quantitative estimate of drug-likeness (QED) is 0.585. The average molecular weight is 264 g/mol. The maximum absolute atomic E-state index is 11.8. The number of ether oxygens (including phenoxy) is 3. The van der Waals surface area contributed by atoms with Gasteiger partial charge < -0.3 is 14.2 Å². The van der Waals surface area contributed by atoms with E-state index in [9.17, 15) is 4.79 Å². The van der Waals surface area contributed by atoms with E-state index in [1.54, 1.807) is 36.9 Å². The van der Waals surface area contributed by atoms with E-state index in [0.29, 0.717) is 36.7 Å². The monoisotopic (exact) mass is 264 g/mol. The number of nitrogens with zero attached hydrogens (tertiary/aromatic N) is 2. The molecule has 2 aromatic heterocycles. The number of rotatable bonds is 6. The Morgan fingerprint density at radius 3 is 3.00 bits per heavy atom. The second kappa shape index (κ2) is 6.19. The zero-order chi connectivity index (χ0) is 13.7. The molecule has 2 rings (SSSR count). The Bertz CT molecular complexity index is 565. The molecule has 0 aliphatic rings. The van der Waals surface area contributed by atoms with Crippen LogP contribution in [-0.2, 0) is 9.47 Å². The van der Waals surface area contributed by atoms with Crippen molar-refractivity contribution in [2.75, 3.05) is 26.9 Å². The van der Waals surface area contributed by atoms with Crippen LogP contribution >= 0.6 is 0 Å². The van der Waals surface area contributed by atoms with Crippen LogP contribution in [0.1, 0.15) is 17.3 Å². The highest BCUT2D eigenvalue weighted by Gasteiger charge is 2.14. The van der Waals surface area contributed by atoms with Gasteiger partial charge >= 0.3 is 5.97 Å². The van der Waals surface area contributed by atoms with E-state index in [2.05, 4.69) is 5.10 Å². The molecule has 0 aliphatic carbocycles. The van der Waals surface area contributed by atoms with Gasteiger partial charge in [0.25, 0.3) is 0 Å². The summed E-state index contributed by atoms with van der Waals surface area (Å²) in [6.07, 6.45) is 3.23. The molecule has 0 fully saturated rings. The van der Waals surface area contributed by atoms with Gasteiger partial charge in [0, 0.05) is 19.4 Å². The number of carbonyl (C=O) groups excluding carboxylic acids is 1. The molecule has 0 bridgehead atoms. The Hall–Kier alpha value is -2.08. The molecule has 0 aliphatic heterocycles. The first-order valence-corrected chi connectivity index (χ1v) is 6.02. The minimum atomic E-state index is -0.383. The number of methoxy groups -OCH3 is 1. The molecule has 19 heavy (non-hydrogen) atoms. The topological polar surface area (TPSA) is 62.1 Å². The third-order valence-corrected chi connectivity index (χ3v) is 2.54. The summed E-state index contributed by atoms with van der Waals surface area (Å²) in [5.41, 5.74) is 1.09. The lowest BCUT2D eigenvalue weighted by molar-refractivity contribution is 0.0528. The minimum absolute atomic E-state index is 0.334. The zero-order valence-corrected chi connectivity index (χ0v) is 11.0. The third-order valence-electron chi connectivity index (χ3n) is 2.54. The van der Waals surface area contributed by atoms with Crippen molar-refractivity contribution in [1.29, 1.82) is 0 Å². The SMILES string of the molecule is CCOC(=O)c1cnn2ccc(OCCOC)cc12. The highest BCUT2D eigenvalue weighted by molar-refractivity contribution is 5.96. The summed E-state index contributed by atoms with van der Waals surface area (Å²) in [6, 6.07) is 3.54. The lowest BCUT2D eigenvalue weighted by atomic mass is 10.2. The Balaban J connectivity index is 2.24. The Labute approximate surface area is 110 Å². The van der Waals surface area contributed by atoms with Crippen LogP contribution in [0.25, 0.3) is 5.52 Å². The summed E-state index contributed by atoms with van der Waals surface area (Å²) < 4.78 is 17.0. The predicted molar refractivity (Wildman–Crippen MR) is 68.5 cm³/mol. The van der Waals surface area contributed by atoms with Crippen molar-refractivity contribution >= 4 is 11.5 Å². The third kappa shape index (κ3) is 3.03. The lowest BCUT2D eigenvalue weighted by Gasteiger charge is -2.06. The fourth-order valence-electron chi connectivity index (χ4n) is 1.66. The largest absolute Gasteiger partial charge is 0.491 e. The van der Waals surface area contributed by atoms with Gasteiger partial charge in [0.15, 0.2) is 0 Å². The molecule has 0 saturated carbocycles. The smallest absolute Gasteiger partial charge is 0.341 e. The number of hydrogen-bond donors (Lipinski definition) is 0. The fourth-order valence-corrected chi connectivity index (χ4v) is 1.66. The molecule has 0 radical (unpaired) electrons. The minimum Gasteiger partial charge on any atom is -0.491 e. The highest BCUT2D eigenvalue weighted by atomic mass is 16.5. The van der Waals surface area contributed by atoms with Crippen molar-refractivity contribution in [3.8, 4) is 5.75 Å². The highest BCUT2D eigenvalue weighted by Crippen LogP contribution is 2.18. The number of esters is 1. The van der Waals surface area contributed by atoms with Crippen molar-refractivity contribution in [2.24, 2.45) is 0 Å². The van der Waals surface area contributed by atoms with Crippen LogP contribution in [0.3, 0.4) is 0 Å². The lowest BCUT2D eigenvalue weighted by Crippen LogP contribution is -2.06. The van der Waals surface area contributed by atoms with E-state index >= 15 is 0 Å². The van der Waals surface area contributed by atoms with Crippen molar-refractivity contribution in [3.05, 3.63) is 30.1 Å². The van der Waals surface area contributed by atoms with Crippen molar-refractivity contribution < 1.29 is 19.0 Å². The molecule has 2 heterocycles. The molecule has 6 nitrogen and oxygen atoms in total. The van der Waals surface area contributed by atoms with E-state index < -0.39 is 0 Å². The van der Waals surface area contributed by atoms with E-state index in [1.807, 2.05) is 0 Å². The van der Waals surface area contributed by atoms with Gasteiger partial charge in [0.2, 0.25) is 0 Å². The summed E-state index contributed by atoms with van der Waals surface area (Å²) in [7, 11) is 1.61. The summed E-state index contributed by atoms with van der Waals surface area (Å²) in [4.78, 5) is 11.8. The summed E-state index contributed by atoms with van der Waals surface area (Å²) >= 11 is 0. The number of fused-ring (bicyclic) bond motifs is 1. The van der Waals surface area contributed by atoms with E-state index in [4.69, 9.17) is 14.2 Å². The Morgan fingerprint density at radius 2 is 2.26 bits per heavy atom. The van der Waals surface area contributed by atoms with E-state index in [0.717, 1.165) is 0 Å². The second-order valence-electron chi connectivity index (χ2n) is 3.81. The Morgan fingerprint density at radius 1 is 1.42 bits per heavy atom. The van der Waals surface area contributed by atoms with Crippen LogP contribution in [0.4, 0.5) is 0 Å². The van der Waals surface area contributed by atoms with Gasteiger partial charge in [-0.2, -0.15) is 5.10 Å². The molecule has 2 aromatic rings. The van der Waals surface area contributed by atoms with Crippen LogP contribution in [-0.4, -0.2) is 42.5 Å². The molecule has 0 saturated heterocycles. The molecule has 0 spiro atoms. The molecule has 0 unspecified atom stereocenters. The zero-order valence-electron chi connectivity index (χ0n) is 11.0. The summed E-state index contributed by atoms with van der Waals surface area (Å²) in [6.45, 7) is 3.06. The van der Waals surface area contributed by atoms with Gasteiger partial charge in [-0.25, -0.2) is 9.31 Å². The van der Waals surface area contributed by atoms with Crippen molar-refractivity contribution in [1.82, 2.24) is 9.61 Å². The molecular formula is C13H16N2O4. The molecule has 0 N–H and O–H groups in total. The van der Waals surface area contributed by atoms with Crippen LogP contribution in [0.5, 0.6) is 5.75 Å². The van der Waals surface area contributed by atoms with Crippen molar-refractivity contribution in [2.45, 2.75) is 6.92 Å². The molecule has 0 aromatic carbocycles. The number of aromatic nitrogens is 2. The van der Waals surface area contributed by atoms with Gasteiger partial charge in [-0.1, -0.05) is 0 Å². The molecule has 102 valence electrons. The number of pyridine rings is 1. The van der Waals surface area contributed by atoms with Gasteiger partial charge in [0.1, 0.15) is 17.9 Å². The van der Waals surface area contributed by atoms with Gasteiger partial charge in [0.05, 0.1) is 24.9 Å². The molecular weight excluding hydrogens is 248 g/mol. The van der Waals surface area contributed by atoms with Gasteiger partial charge in [-0.3, -0.25) is 0 Å². The number of carbonyl (C=O) groups is 1. The maximum atomic E-state index is 11.8. The standard InChI is InChI=1S/C13H16N2O4/c1-3-18-13(16)11-9-14-15-5-4-10(8-12(11)15)19-7-6-17-2/h4-5,8-9H,3,6-7H2,1-2H3. The van der Waals surface area contributed by atoms with E-state index in [-0.39, 0.29) is 5.97 Å². The van der Waals surface area contributed by atoms with Crippen molar-refractivity contribution in [3.63, 3.8) is 0 Å². The van der Waals surface area contributed by atoms with Crippen LogP contribution in [0.15, 0.2) is 24.5 Å². The van der Waals surface area contributed by atoms with E-state index in [1.165, 1.54) is 6.20 Å². The normalized spacial score (nSPS) is 10.6. The number of hydrogen-bond acceptors (Lipinski definition) is 5. The maximum Gasteiger partial charge on any atom is 0.341 e. The van der Waals surface area contributed by atoms with Gasteiger partial charge in [-0.15, -0.1) is 0 Å². The summed E-state index contributed by atoms with van der Waals surface area (Å²) in [5.74, 6) is 0.280. The van der Waals surface area contributed by atoms with Gasteiger partial charge in [-0.05, 0) is 13.0 Å². The first kappa shape index (κ1) is 13.4. The molecule has 0 atom stereocenters. The second-order valence-corrected chi connectivity index (χ2v) is 3.81. The first-order chi connectivity index (χ1) is 9.26. The first-order valence-electron chi connectivity index (χ1n) is 6.02. The Kier molecular flexibility index (Phi) is 4.35. The summed E-state index contributed by atoms with van der Waals surface area (Å²) in [5, 5.41) is 4.10. The van der Waals surface area contributed by atoms with Crippen LogP contribution in [0, 0.1) is 0 Å². The predicted octanol–water partition coefficient (Wildman–Crippen LogP) is 1.54. The molecule has 6 heteroatoms.